The summed E-state index contributed by atoms with van der Waals surface area (Å²) in [5.41, 5.74) is 6.49. The van der Waals surface area contributed by atoms with Crippen LogP contribution in [0.15, 0.2) is 84.0 Å². The second-order valence-electron chi connectivity index (χ2n) is 7.73. The SMILES string of the molecule is COc1ccc(-c2nc(C(=O)N/N=C\c3ccc([N+](=O)[O-])cc3)cc3c2[nH]c2ccccc23)cc1. The van der Waals surface area contributed by atoms with Gasteiger partial charge in [0, 0.05) is 34.0 Å². The van der Waals surface area contributed by atoms with Crippen LogP contribution in [0.25, 0.3) is 33.1 Å². The van der Waals surface area contributed by atoms with Crippen molar-refractivity contribution in [2.75, 3.05) is 7.11 Å². The summed E-state index contributed by atoms with van der Waals surface area (Å²) in [6, 6.07) is 22.9. The topological polar surface area (TPSA) is 123 Å². The number of H-pyrrole nitrogens is 1. The largest absolute Gasteiger partial charge is 0.497 e. The molecule has 0 aliphatic heterocycles. The number of rotatable bonds is 6. The average molecular weight is 465 g/mol. The fourth-order valence-electron chi connectivity index (χ4n) is 3.82. The summed E-state index contributed by atoms with van der Waals surface area (Å²) < 4.78 is 5.26. The van der Waals surface area contributed by atoms with Gasteiger partial charge >= 0.3 is 0 Å². The minimum Gasteiger partial charge on any atom is -0.497 e. The molecule has 35 heavy (non-hydrogen) atoms. The molecule has 5 rings (SSSR count). The van der Waals surface area contributed by atoms with Crippen molar-refractivity contribution in [2.24, 2.45) is 5.10 Å². The summed E-state index contributed by atoms with van der Waals surface area (Å²) >= 11 is 0. The number of non-ortho nitro benzene ring substituents is 1. The molecule has 9 heteroatoms. The van der Waals surface area contributed by atoms with Gasteiger partial charge in [0.1, 0.15) is 11.4 Å². The Morgan fingerprint density at radius 2 is 1.80 bits per heavy atom. The summed E-state index contributed by atoms with van der Waals surface area (Å²) in [6.07, 6.45) is 1.41. The maximum atomic E-state index is 13.0. The molecular formula is C26H19N5O4. The number of nitrogens with zero attached hydrogens (tertiary/aromatic N) is 3. The Kier molecular flexibility index (Phi) is 5.64. The maximum Gasteiger partial charge on any atom is 0.289 e. The highest BCUT2D eigenvalue weighted by Crippen LogP contribution is 2.33. The van der Waals surface area contributed by atoms with Gasteiger partial charge in [-0.3, -0.25) is 14.9 Å². The zero-order chi connectivity index (χ0) is 24.4. The molecule has 0 atom stereocenters. The number of carbonyl (C=O) groups is 1. The molecule has 2 N–H and O–H groups in total. The quantitative estimate of drug-likeness (QED) is 0.206. The van der Waals surface area contributed by atoms with Crippen LogP contribution >= 0.6 is 0 Å². The van der Waals surface area contributed by atoms with Gasteiger partial charge in [-0.15, -0.1) is 0 Å². The van der Waals surface area contributed by atoms with E-state index in [1.807, 2.05) is 48.5 Å². The summed E-state index contributed by atoms with van der Waals surface area (Å²) in [5, 5.41) is 16.6. The van der Waals surface area contributed by atoms with Crippen LogP contribution in [0.4, 0.5) is 5.69 Å². The third-order valence-electron chi connectivity index (χ3n) is 5.58. The van der Waals surface area contributed by atoms with Gasteiger partial charge in [-0.25, -0.2) is 10.4 Å². The number of methoxy groups -OCH3 is 1. The lowest BCUT2D eigenvalue weighted by Gasteiger charge is -2.08. The predicted molar refractivity (Wildman–Crippen MR) is 134 cm³/mol. The molecule has 0 unspecified atom stereocenters. The molecule has 0 fully saturated rings. The molecule has 5 aromatic rings. The number of nitrogens with one attached hydrogen (secondary N) is 2. The number of ether oxygens (including phenoxy) is 1. The Morgan fingerprint density at radius 3 is 2.51 bits per heavy atom. The molecule has 0 bridgehead atoms. The van der Waals surface area contributed by atoms with Crippen molar-refractivity contribution in [3.8, 4) is 17.0 Å². The number of hydrogen-bond donors (Lipinski definition) is 2. The van der Waals surface area contributed by atoms with Crippen molar-refractivity contribution in [1.29, 1.82) is 0 Å². The van der Waals surface area contributed by atoms with Crippen LogP contribution in [0, 0.1) is 10.1 Å². The molecule has 0 aliphatic carbocycles. The number of aromatic amines is 1. The van der Waals surface area contributed by atoms with Crippen molar-refractivity contribution >= 4 is 39.6 Å². The van der Waals surface area contributed by atoms with Gasteiger partial charge in [0.15, 0.2) is 0 Å². The Hall–Kier alpha value is -5.05. The summed E-state index contributed by atoms with van der Waals surface area (Å²) in [7, 11) is 1.60. The van der Waals surface area contributed by atoms with Crippen molar-refractivity contribution in [2.45, 2.75) is 0 Å². The number of benzene rings is 3. The molecule has 0 aliphatic rings. The number of para-hydroxylation sites is 1. The van der Waals surface area contributed by atoms with Crippen LogP contribution in [0.1, 0.15) is 16.1 Å². The van der Waals surface area contributed by atoms with Crippen LogP contribution < -0.4 is 10.2 Å². The van der Waals surface area contributed by atoms with Crippen LogP contribution in [0.3, 0.4) is 0 Å². The van der Waals surface area contributed by atoms with E-state index in [1.54, 1.807) is 25.3 Å². The smallest absolute Gasteiger partial charge is 0.289 e. The fourth-order valence-corrected chi connectivity index (χ4v) is 3.82. The highest BCUT2D eigenvalue weighted by atomic mass is 16.6. The molecule has 9 nitrogen and oxygen atoms in total. The summed E-state index contributed by atoms with van der Waals surface area (Å²) in [4.78, 5) is 31.3. The monoisotopic (exact) mass is 465 g/mol. The first kappa shape index (κ1) is 21.8. The lowest BCUT2D eigenvalue weighted by molar-refractivity contribution is -0.384. The molecular weight excluding hydrogens is 446 g/mol. The Bertz CT molecular complexity index is 1590. The molecule has 3 aromatic carbocycles. The lowest BCUT2D eigenvalue weighted by Crippen LogP contribution is -2.19. The summed E-state index contributed by atoms with van der Waals surface area (Å²) in [5.74, 6) is 0.237. The second kappa shape index (κ2) is 9.06. The third-order valence-corrected chi connectivity index (χ3v) is 5.58. The first-order valence-electron chi connectivity index (χ1n) is 10.7. The third kappa shape index (κ3) is 4.30. The van der Waals surface area contributed by atoms with Crippen LogP contribution in [0.2, 0.25) is 0 Å². The molecule has 0 saturated heterocycles. The minimum atomic E-state index is -0.481. The first-order valence-corrected chi connectivity index (χ1v) is 10.7. The fraction of sp³-hybridized carbons (Fsp3) is 0.0385. The number of nitro groups is 1. The number of carbonyl (C=O) groups excluding carboxylic acids is 1. The number of nitro benzene ring substituents is 1. The van der Waals surface area contributed by atoms with E-state index in [0.29, 0.717) is 11.3 Å². The van der Waals surface area contributed by atoms with E-state index >= 15 is 0 Å². The van der Waals surface area contributed by atoms with Crippen molar-refractivity contribution < 1.29 is 14.5 Å². The van der Waals surface area contributed by atoms with Gasteiger partial charge in [0.25, 0.3) is 11.6 Å². The molecule has 0 radical (unpaired) electrons. The van der Waals surface area contributed by atoms with Crippen molar-refractivity contribution in [3.05, 3.63) is 100 Å². The van der Waals surface area contributed by atoms with E-state index in [2.05, 4.69) is 20.5 Å². The molecule has 172 valence electrons. The van der Waals surface area contributed by atoms with Gasteiger partial charge in [-0.2, -0.15) is 5.10 Å². The van der Waals surface area contributed by atoms with Gasteiger partial charge in [-0.1, -0.05) is 18.2 Å². The van der Waals surface area contributed by atoms with Crippen LogP contribution in [-0.2, 0) is 0 Å². The molecule has 0 saturated carbocycles. The molecule has 2 heterocycles. The maximum absolute atomic E-state index is 13.0. The number of amides is 1. The van der Waals surface area contributed by atoms with E-state index in [4.69, 9.17) is 4.74 Å². The summed E-state index contributed by atoms with van der Waals surface area (Å²) in [6.45, 7) is 0. The Labute approximate surface area is 199 Å². The average Bonchev–Trinajstić information content (AvgIpc) is 3.27. The molecule has 0 spiro atoms. The minimum absolute atomic E-state index is 0.0199. The molecule has 1 amide bonds. The van der Waals surface area contributed by atoms with Crippen molar-refractivity contribution in [1.82, 2.24) is 15.4 Å². The highest BCUT2D eigenvalue weighted by Gasteiger charge is 2.17. The number of pyridine rings is 1. The van der Waals surface area contributed by atoms with E-state index in [1.165, 1.54) is 18.3 Å². The molecule has 2 aromatic heterocycles. The zero-order valence-electron chi connectivity index (χ0n) is 18.6. The number of fused-ring (bicyclic) bond motifs is 3. The number of aromatic nitrogens is 2. The van der Waals surface area contributed by atoms with Crippen molar-refractivity contribution in [3.63, 3.8) is 0 Å². The highest BCUT2D eigenvalue weighted by molar-refractivity contribution is 6.13. The van der Waals surface area contributed by atoms with E-state index in [9.17, 15) is 14.9 Å². The Balaban J connectivity index is 1.50. The van der Waals surface area contributed by atoms with Crippen LogP contribution in [-0.4, -0.2) is 34.1 Å². The lowest BCUT2D eigenvalue weighted by atomic mass is 10.1. The predicted octanol–water partition coefficient (Wildman–Crippen LogP) is 5.06. The van der Waals surface area contributed by atoms with E-state index < -0.39 is 10.8 Å². The van der Waals surface area contributed by atoms with Gasteiger partial charge < -0.3 is 9.72 Å². The second-order valence-corrected chi connectivity index (χ2v) is 7.73. The number of hydrazone groups is 1. The zero-order valence-corrected chi connectivity index (χ0v) is 18.6. The van der Waals surface area contributed by atoms with Gasteiger partial charge in [-0.05, 0) is 54.1 Å². The van der Waals surface area contributed by atoms with Gasteiger partial charge in [0.05, 0.1) is 29.5 Å². The van der Waals surface area contributed by atoms with Gasteiger partial charge in [0.2, 0.25) is 0 Å². The van der Waals surface area contributed by atoms with E-state index in [0.717, 1.165) is 33.1 Å². The normalized spacial score (nSPS) is 11.2. The standard InChI is InChI=1S/C26H19N5O4/c1-35-19-12-8-17(9-13-19)24-25-21(20-4-2-3-5-22(20)28-25)14-23(29-24)26(32)30-27-15-16-6-10-18(11-7-16)31(33)34/h2-15,28H,1H3,(H,30,32)/b27-15-. The first-order chi connectivity index (χ1) is 17.0. The van der Waals surface area contributed by atoms with Crippen LogP contribution in [0.5, 0.6) is 5.75 Å². The Morgan fingerprint density at radius 1 is 1.06 bits per heavy atom. The van der Waals surface area contributed by atoms with E-state index in [-0.39, 0.29) is 11.4 Å². The number of hydrogen-bond acceptors (Lipinski definition) is 6.